The van der Waals surface area contributed by atoms with Crippen molar-refractivity contribution in [1.82, 2.24) is 0 Å². The summed E-state index contributed by atoms with van der Waals surface area (Å²) in [6.07, 6.45) is 0. The number of hydrogen-bond acceptors (Lipinski definition) is 1. The number of hydrogen-bond donors (Lipinski definition) is 0. The SMILES string of the molecule is Clc1ccc2c(c1)C(c1ccccc1)c1ccccc1S2. The van der Waals surface area contributed by atoms with E-state index in [2.05, 4.69) is 66.7 Å². The summed E-state index contributed by atoms with van der Waals surface area (Å²) in [7, 11) is 0. The molecule has 1 unspecified atom stereocenters. The van der Waals surface area contributed by atoms with Crippen LogP contribution in [0.4, 0.5) is 0 Å². The Bertz CT molecular complexity index is 796. The Morgan fingerprint density at radius 3 is 2.29 bits per heavy atom. The summed E-state index contributed by atoms with van der Waals surface area (Å²) in [5, 5.41) is 0.801. The Morgan fingerprint density at radius 1 is 0.714 bits per heavy atom. The van der Waals surface area contributed by atoms with Gasteiger partial charge in [0.25, 0.3) is 0 Å². The van der Waals surface area contributed by atoms with Crippen LogP contribution in [0.5, 0.6) is 0 Å². The van der Waals surface area contributed by atoms with Crippen LogP contribution in [0.1, 0.15) is 22.6 Å². The van der Waals surface area contributed by atoms with E-state index in [1.807, 2.05) is 17.8 Å². The zero-order valence-corrected chi connectivity index (χ0v) is 12.9. The van der Waals surface area contributed by atoms with Gasteiger partial charge in [-0.2, -0.15) is 0 Å². The first kappa shape index (κ1) is 13.0. The standard InChI is InChI=1S/C19H13ClS/c20-14-10-11-18-16(12-14)19(13-6-2-1-3-7-13)15-8-4-5-9-17(15)21-18/h1-12,19H. The number of benzene rings is 3. The maximum absolute atomic E-state index is 6.25. The first-order valence-electron chi connectivity index (χ1n) is 6.94. The van der Waals surface area contributed by atoms with Crippen molar-refractivity contribution in [3.8, 4) is 0 Å². The fraction of sp³-hybridized carbons (Fsp3) is 0.0526. The maximum Gasteiger partial charge on any atom is 0.0409 e. The van der Waals surface area contributed by atoms with Gasteiger partial charge in [0.15, 0.2) is 0 Å². The third-order valence-electron chi connectivity index (χ3n) is 3.87. The van der Waals surface area contributed by atoms with Gasteiger partial charge in [-0.25, -0.2) is 0 Å². The minimum atomic E-state index is 0.261. The molecule has 3 aromatic carbocycles. The molecule has 0 aromatic heterocycles. The third kappa shape index (κ3) is 2.27. The van der Waals surface area contributed by atoms with Crippen LogP contribution in [-0.2, 0) is 0 Å². The average Bonchev–Trinajstić information content (AvgIpc) is 2.53. The van der Waals surface area contributed by atoms with Gasteiger partial charge >= 0.3 is 0 Å². The molecule has 102 valence electrons. The molecule has 1 heterocycles. The maximum atomic E-state index is 6.25. The Kier molecular flexibility index (Phi) is 3.25. The zero-order chi connectivity index (χ0) is 14.2. The molecule has 0 fully saturated rings. The third-order valence-corrected chi connectivity index (χ3v) is 5.28. The van der Waals surface area contributed by atoms with Crippen molar-refractivity contribution < 1.29 is 0 Å². The summed E-state index contributed by atoms with van der Waals surface area (Å²) < 4.78 is 0. The number of rotatable bonds is 1. The van der Waals surface area contributed by atoms with Crippen molar-refractivity contribution in [3.63, 3.8) is 0 Å². The van der Waals surface area contributed by atoms with Crippen molar-refractivity contribution in [2.24, 2.45) is 0 Å². The van der Waals surface area contributed by atoms with E-state index in [4.69, 9.17) is 11.6 Å². The van der Waals surface area contributed by atoms with Gasteiger partial charge in [-0.3, -0.25) is 0 Å². The smallest absolute Gasteiger partial charge is 0.0409 e. The van der Waals surface area contributed by atoms with E-state index in [9.17, 15) is 0 Å². The lowest BCUT2D eigenvalue weighted by atomic mass is 9.85. The lowest BCUT2D eigenvalue weighted by Gasteiger charge is -2.28. The van der Waals surface area contributed by atoms with Gasteiger partial charge in [-0.05, 0) is 41.0 Å². The summed E-state index contributed by atoms with van der Waals surface area (Å²) in [6, 6.07) is 25.5. The summed E-state index contributed by atoms with van der Waals surface area (Å²) >= 11 is 8.08. The normalized spacial score (nSPS) is 16.1. The molecule has 0 spiro atoms. The van der Waals surface area contributed by atoms with Crippen LogP contribution >= 0.6 is 23.4 Å². The molecule has 0 aliphatic carbocycles. The van der Waals surface area contributed by atoms with Gasteiger partial charge in [0, 0.05) is 20.7 Å². The molecule has 1 aliphatic rings. The van der Waals surface area contributed by atoms with Crippen LogP contribution in [0.2, 0.25) is 5.02 Å². The first-order valence-corrected chi connectivity index (χ1v) is 8.13. The summed E-state index contributed by atoms with van der Waals surface area (Å²) in [5.74, 6) is 0.261. The van der Waals surface area contributed by atoms with E-state index in [0.29, 0.717) is 0 Å². The fourth-order valence-corrected chi connectivity index (χ4v) is 4.24. The summed E-state index contributed by atoms with van der Waals surface area (Å²) in [6.45, 7) is 0. The molecule has 4 rings (SSSR count). The van der Waals surface area contributed by atoms with E-state index in [1.54, 1.807) is 0 Å². The summed E-state index contributed by atoms with van der Waals surface area (Å²) in [4.78, 5) is 2.63. The highest BCUT2D eigenvalue weighted by molar-refractivity contribution is 7.99. The van der Waals surface area contributed by atoms with Gasteiger partial charge in [-0.15, -0.1) is 0 Å². The van der Waals surface area contributed by atoms with Crippen LogP contribution in [0.15, 0.2) is 82.6 Å². The Balaban J connectivity index is 1.98. The van der Waals surface area contributed by atoms with Crippen LogP contribution < -0.4 is 0 Å². The highest BCUT2D eigenvalue weighted by Gasteiger charge is 2.27. The molecule has 0 N–H and O–H groups in total. The average molecular weight is 309 g/mol. The van der Waals surface area contributed by atoms with Gasteiger partial charge in [-0.1, -0.05) is 71.9 Å². The fourth-order valence-electron chi connectivity index (χ4n) is 2.94. The monoisotopic (exact) mass is 308 g/mol. The quantitative estimate of drug-likeness (QED) is 0.416. The molecule has 21 heavy (non-hydrogen) atoms. The molecule has 0 bridgehead atoms. The second-order valence-corrected chi connectivity index (χ2v) is 6.69. The number of fused-ring (bicyclic) bond motifs is 2. The van der Waals surface area contributed by atoms with Crippen molar-refractivity contribution in [2.45, 2.75) is 15.7 Å². The molecule has 1 aliphatic heterocycles. The van der Waals surface area contributed by atoms with Gasteiger partial charge < -0.3 is 0 Å². The molecule has 0 amide bonds. The molecule has 0 radical (unpaired) electrons. The predicted molar refractivity (Wildman–Crippen MR) is 89.4 cm³/mol. The van der Waals surface area contributed by atoms with E-state index >= 15 is 0 Å². The Hall–Kier alpha value is -1.70. The predicted octanol–water partition coefficient (Wildman–Crippen LogP) is 5.98. The number of halogens is 1. The second kappa shape index (κ2) is 5.25. The molecule has 0 nitrogen and oxygen atoms in total. The van der Waals surface area contributed by atoms with E-state index < -0.39 is 0 Å². The van der Waals surface area contributed by atoms with Crippen LogP contribution in [-0.4, -0.2) is 0 Å². The molecular weight excluding hydrogens is 296 g/mol. The first-order chi connectivity index (χ1) is 10.3. The van der Waals surface area contributed by atoms with Crippen molar-refractivity contribution in [3.05, 3.63) is 94.5 Å². The largest absolute Gasteiger partial charge is 0.0895 e. The minimum absolute atomic E-state index is 0.261. The molecular formula is C19H13ClS. The minimum Gasteiger partial charge on any atom is -0.0895 e. The molecule has 3 aromatic rings. The highest BCUT2D eigenvalue weighted by Crippen LogP contribution is 2.48. The van der Waals surface area contributed by atoms with Crippen molar-refractivity contribution >= 4 is 23.4 Å². The Labute approximate surface area is 133 Å². The van der Waals surface area contributed by atoms with E-state index in [-0.39, 0.29) is 5.92 Å². The van der Waals surface area contributed by atoms with Crippen LogP contribution in [0.25, 0.3) is 0 Å². The molecule has 0 saturated heterocycles. The second-order valence-electron chi connectivity index (χ2n) is 5.17. The van der Waals surface area contributed by atoms with Gasteiger partial charge in [0.2, 0.25) is 0 Å². The zero-order valence-electron chi connectivity index (χ0n) is 11.3. The van der Waals surface area contributed by atoms with Crippen molar-refractivity contribution in [2.75, 3.05) is 0 Å². The van der Waals surface area contributed by atoms with Gasteiger partial charge in [0.1, 0.15) is 0 Å². The van der Waals surface area contributed by atoms with E-state index in [1.165, 1.54) is 26.5 Å². The molecule has 0 saturated carbocycles. The van der Waals surface area contributed by atoms with E-state index in [0.717, 1.165) is 5.02 Å². The topological polar surface area (TPSA) is 0 Å². The van der Waals surface area contributed by atoms with Crippen LogP contribution in [0.3, 0.4) is 0 Å². The summed E-state index contributed by atoms with van der Waals surface area (Å²) in [5.41, 5.74) is 3.98. The van der Waals surface area contributed by atoms with Gasteiger partial charge in [0.05, 0.1) is 0 Å². The molecule has 2 heteroatoms. The van der Waals surface area contributed by atoms with Crippen LogP contribution in [0, 0.1) is 0 Å². The highest BCUT2D eigenvalue weighted by atomic mass is 35.5. The lowest BCUT2D eigenvalue weighted by Crippen LogP contribution is -2.09. The van der Waals surface area contributed by atoms with Crippen molar-refractivity contribution in [1.29, 1.82) is 0 Å². The molecule has 1 atom stereocenters. The lowest BCUT2D eigenvalue weighted by molar-refractivity contribution is 0.902. The Morgan fingerprint density at radius 2 is 1.43 bits per heavy atom.